The van der Waals surface area contributed by atoms with E-state index in [-0.39, 0.29) is 34.6 Å². The number of alkyl halides is 3. The molecule has 10 heteroatoms. The van der Waals surface area contributed by atoms with Gasteiger partial charge in [-0.25, -0.2) is 4.98 Å². The van der Waals surface area contributed by atoms with E-state index in [9.17, 15) is 22.8 Å². The molecule has 2 aromatic rings. The Morgan fingerprint density at radius 3 is 2.52 bits per heavy atom. The molecule has 1 amide bonds. The molecular weight excluding hydrogens is 385 g/mol. The number of aromatic nitrogens is 1. The van der Waals surface area contributed by atoms with Gasteiger partial charge in [0.1, 0.15) is 0 Å². The zero-order valence-corrected chi connectivity index (χ0v) is 14.7. The Hall–Kier alpha value is -2.75. The smallest absolute Gasteiger partial charge is 0.417 e. The number of benzene rings is 1. The molecule has 0 saturated carbocycles. The number of hydrogen-bond donors (Lipinski definition) is 1. The Morgan fingerprint density at radius 1 is 1.22 bits per heavy atom. The number of carbonyl (C=O) groups excluding carboxylic acids is 2. The highest BCUT2D eigenvalue weighted by atomic mass is 32.2. The quantitative estimate of drug-likeness (QED) is 0.610. The van der Waals surface area contributed by atoms with Crippen LogP contribution in [-0.2, 0) is 11.0 Å². The number of fused-ring (bicyclic) bond motifs is 1. The maximum absolute atomic E-state index is 12.5. The molecule has 1 aliphatic rings. The molecule has 1 aromatic carbocycles. The normalized spacial score (nSPS) is 12.7. The van der Waals surface area contributed by atoms with Crippen LogP contribution in [0.15, 0.2) is 35.5 Å². The van der Waals surface area contributed by atoms with Gasteiger partial charge in [-0.05, 0) is 25.1 Å². The minimum Gasteiger partial charge on any atom is -0.454 e. The summed E-state index contributed by atoms with van der Waals surface area (Å²) in [6, 6.07) is 5.09. The first-order valence-corrected chi connectivity index (χ1v) is 8.63. The van der Waals surface area contributed by atoms with Gasteiger partial charge in [0, 0.05) is 17.8 Å². The summed E-state index contributed by atoms with van der Waals surface area (Å²) in [5, 5.41) is 2.88. The second-order valence-corrected chi connectivity index (χ2v) is 6.52. The van der Waals surface area contributed by atoms with Crippen molar-refractivity contribution in [1.82, 2.24) is 4.98 Å². The van der Waals surface area contributed by atoms with Gasteiger partial charge in [-0.2, -0.15) is 13.2 Å². The number of halogens is 3. The first kappa shape index (κ1) is 19.0. The number of ketones is 1. The minimum atomic E-state index is -4.46. The molecule has 1 aliphatic heterocycles. The lowest BCUT2D eigenvalue weighted by Crippen LogP contribution is -2.16. The fourth-order valence-electron chi connectivity index (χ4n) is 2.30. The number of hydrogen-bond acceptors (Lipinski definition) is 6. The van der Waals surface area contributed by atoms with E-state index in [1.54, 1.807) is 0 Å². The van der Waals surface area contributed by atoms with Crippen LogP contribution in [0, 0.1) is 0 Å². The van der Waals surface area contributed by atoms with Gasteiger partial charge in [-0.1, -0.05) is 11.8 Å². The van der Waals surface area contributed by atoms with Crippen LogP contribution in [-0.4, -0.2) is 29.2 Å². The molecule has 0 aliphatic carbocycles. The molecule has 142 valence electrons. The van der Waals surface area contributed by atoms with Crippen LogP contribution in [0.25, 0.3) is 0 Å². The van der Waals surface area contributed by atoms with Gasteiger partial charge in [0.2, 0.25) is 12.7 Å². The number of thioether (sulfide) groups is 1. The van der Waals surface area contributed by atoms with E-state index in [2.05, 4.69) is 10.3 Å². The van der Waals surface area contributed by atoms with Gasteiger partial charge in [0.05, 0.1) is 22.0 Å². The van der Waals surface area contributed by atoms with Crippen LogP contribution >= 0.6 is 11.8 Å². The van der Waals surface area contributed by atoms with Crippen molar-refractivity contribution in [3.8, 4) is 11.5 Å². The monoisotopic (exact) mass is 398 g/mol. The molecule has 0 saturated heterocycles. The summed E-state index contributed by atoms with van der Waals surface area (Å²) in [7, 11) is 0. The number of Topliss-reactive ketones (excluding diaryl/α,β-unsaturated/α-hetero) is 1. The highest BCUT2D eigenvalue weighted by Gasteiger charge is 2.30. The van der Waals surface area contributed by atoms with E-state index in [0.29, 0.717) is 17.7 Å². The largest absolute Gasteiger partial charge is 0.454 e. The van der Waals surface area contributed by atoms with Crippen molar-refractivity contribution in [3.05, 3.63) is 41.6 Å². The second-order valence-electron chi connectivity index (χ2n) is 5.53. The molecule has 0 spiro atoms. The lowest BCUT2D eigenvalue weighted by Gasteiger charge is -2.10. The average molecular weight is 398 g/mol. The predicted molar refractivity (Wildman–Crippen MR) is 91.2 cm³/mol. The van der Waals surface area contributed by atoms with Crippen LogP contribution < -0.4 is 14.8 Å². The number of nitrogens with zero attached hydrogens (tertiary/aromatic N) is 1. The fraction of sp³-hybridized carbons (Fsp3) is 0.235. The number of rotatable bonds is 5. The third-order valence-electron chi connectivity index (χ3n) is 3.58. The minimum absolute atomic E-state index is 0.0273. The van der Waals surface area contributed by atoms with E-state index in [1.807, 2.05) is 0 Å². The number of amides is 1. The van der Waals surface area contributed by atoms with Crippen molar-refractivity contribution in [3.63, 3.8) is 0 Å². The Kier molecular flexibility index (Phi) is 5.26. The van der Waals surface area contributed by atoms with Gasteiger partial charge in [-0.3, -0.25) is 9.59 Å². The lowest BCUT2D eigenvalue weighted by atomic mass is 10.1. The summed E-state index contributed by atoms with van der Waals surface area (Å²) in [6.45, 7) is 1.38. The lowest BCUT2D eigenvalue weighted by molar-refractivity contribution is -0.137. The summed E-state index contributed by atoms with van der Waals surface area (Å²) in [5.74, 6) is 0.0297. The van der Waals surface area contributed by atoms with Crippen LogP contribution in [0.2, 0.25) is 0 Å². The van der Waals surface area contributed by atoms with Crippen molar-refractivity contribution in [2.24, 2.45) is 0 Å². The number of anilines is 1. The van der Waals surface area contributed by atoms with Crippen molar-refractivity contribution in [2.75, 3.05) is 17.9 Å². The van der Waals surface area contributed by atoms with E-state index in [0.717, 1.165) is 17.8 Å². The molecule has 0 radical (unpaired) electrons. The zero-order valence-electron chi connectivity index (χ0n) is 13.9. The zero-order chi connectivity index (χ0) is 19.6. The molecule has 27 heavy (non-hydrogen) atoms. The molecule has 0 bridgehead atoms. The first-order chi connectivity index (χ1) is 12.7. The predicted octanol–water partition coefficient (Wildman–Crippen LogP) is 3.76. The molecule has 0 fully saturated rings. The van der Waals surface area contributed by atoms with Crippen LogP contribution in [0.5, 0.6) is 11.5 Å². The molecular formula is C17H13F3N2O4S. The molecule has 2 heterocycles. The van der Waals surface area contributed by atoms with Gasteiger partial charge in [0.15, 0.2) is 17.3 Å². The van der Waals surface area contributed by atoms with Crippen molar-refractivity contribution in [1.29, 1.82) is 0 Å². The van der Waals surface area contributed by atoms with Crippen LogP contribution in [0.3, 0.4) is 0 Å². The van der Waals surface area contributed by atoms with Crippen molar-refractivity contribution < 1.29 is 32.2 Å². The standard InChI is InChI=1S/C17H13F3N2O4S/c1-9(23)11-4-13-14(26-8-25-13)5-12(11)22-15(24)7-27-16-3-2-10(6-21-16)17(18,19)20/h2-6H,7-8H2,1H3,(H,22,24). The van der Waals surface area contributed by atoms with Gasteiger partial charge in [0.25, 0.3) is 0 Å². The first-order valence-electron chi connectivity index (χ1n) is 7.64. The van der Waals surface area contributed by atoms with E-state index in [4.69, 9.17) is 9.47 Å². The topological polar surface area (TPSA) is 77.5 Å². The highest BCUT2D eigenvalue weighted by Crippen LogP contribution is 2.37. The summed E-state index contributed by atoms with van der Waals surface area (Å²) < 4.78 is 48.0. The number of pyridine rings is 1. The Labute approximate surface area is 156 Å². The third-order valence-corrected chi connectivity index (χ3v) is 4.52. The van der Waals surface area contributed by atoms with Crippen LogP contribution in [0.4, 0.5) is 18.9 Å². The Bertz CT molecular complexity index is 885. The van der Waals surface area contributed by atoms with Gasteiger partial charge >= 0.3 is 6.18 Å². The average Bonchev–Trinajstić information content (AvgIpc) is 3.06. The maximum atomic E-state index is 12.5. The molecule has 6 nitrogen and oxygen atoms in total. The summed E-state index contributed by atoms with van der Waals surface area (Å²) >= 11 is 0.975. The summed E-state index contributed by atoms with van der Waals surface area (Å²) in [6.07, 6.45) is -3.75. The second kappa shape index (κ2) is 7.47. The fourth-order valence-corrected chi connectivity index (χ4v) is 2.94. The Balaban J connectivity index is 1.65. The SMILES string of the molecule is CC(=O)c1cc2c(cc1NC(=O)CSc1ccc(C(F)(F)F)cn1)OCO2. The number of nitrogens with one attached hydrogen (secondary N) is 1. The molecule has 0 unspecified atom stereocenters. The van der Waals surface area contributed by atoms with Crippen molar-refractivity contribution in [2.45, 2.75) is 18.1 Å². The summed E-state index contributed by atoms with van der Waals surface area (Å²) in [4.78, 5) is 27.6. The molecule has 0 atom stereocenters. The van der Waals surface area contributed by atoms with Gasteiger partial charge < -0.3 is 14.8 Å². The van der Waals surface area contributed by atoms with Crippen molar-refractivity contribution >= 4 is 29.1 Å². The molecule has 1 aromatic heterocycles. The molecule has 3 rings (SSSR count). The van der Waals surface area contributed by atoms with Gasteiger partial charge in [-0.15, -0.1) is 0 Å². The van der Waals surface area contributed by atoms with E-state index < -0.39 is 17.6 Å². The van der Waals surface area contributed by atoms with E-state index >= 15 is 0 Å². The Morgan fingerprint density at radius 2 is 1.93 bits per heavy atom. The maximum Gasteiger partial charge on any atom is 0.417 e. The third kappa shape index (κ3) is 4.51. The number of ether oxygens (including phenoxy) is 2. The summed E-state index contributed by atoms with van der Waals surface area (Å²) in [5.41, 5.74) is -0.314. The molecule has 1 N–H and O–H groups in total. The van der Waals surface area contributed by atoms with E-state index in [1.165, 1.54) is 25.1 Å². The highest BCUT2D eigenvalue weighted by molar-refractivity contribution is 7.99. The number of carbonyl (C=O) groups is 2. The van der Waals surface area contributed by atoms with Crippen LogP contribution in [0.1, 0.15) is 22.8 Å².